The molecule has 0 heterocycles. The van der Waals surface area contributed by atoms with E-state index < -0.39 is 0 Å². The summed E-state index contributed by atoms with van der Waals surface area (Å²) in [5, 5.41) is 3.51. The van der Waals surface area contributed by atoms with E-state index in [0.29, 0.717) is 5.92 Å². The molecule has 1 aromatic rings. The van der Waals surface area contributed by atoms with Gasteiger partial charge in [-0.3, -0.25) is 0 Å². The van der Waals surface area contributed by atoms with Crippen molar-refractivity contribution in [2.75, 3.05) is 6.54 Å². The molecule has 1 nitrogen and oxygen atoms in total. The molecule has 1 N–H and O–H groups in total. The van der Waals surface area contributed by atoms with Crippen LogP contribution in [0, 0.1) is 0 Å². The maximum Gasteiger partial charge on any atom is 0.0432 e. The highest BCUT2D eigenvalue weighted by Gasteiger charge is 1.99. The average Bonchev–Trinajstić information content (AvgIpc) is 2.18. The van der Waals surface area contributed by atoms with E-state index in [9.17, 15) is 0 Å². The van der Waals surface area contributed by atoms with E-state index in [1.807, 2.05) is 6.92 Å². The first-order valence-electron chi connectivity index (χ1n) is 5.53. The lowest BCUT2D eigenvalue weighted by molar-refractivity contribution is 0.679. The molecule has 0 aliphatic carbocycles. The number of nitrogens with one attached hydrogen (secondary N) is 1. The van der Waals surface area contributed by atoms with E-state index in [0.717, 1.165) is 13.1 Å². The number of rotatable bonds is 5. The number of hydrogen-bond acceptors (Lipinski definition) is 1. The highest BCUT2D eigenvalue weighted by molar-refractivity contribution is 6.20. The lowest BCUT2D eigenvalue weighted by Crippen LogP contribution is -2.20. The molecule has 2 heteroatoms. The van der Waals surface area contributed by atoms with Gasteiger partial charge >= 0.3 is 0 Å². The van der Waals surface area contributed by atoms with Gasteiger partial charge in [-0.1, -0.05) is 38.1 Å². The molecule has 0 spiro atoms. The normalized spacial score (nSPS) is 13.1. The van der Waals surface area contributed by atoms with Crippen molar-refractivity contribution in [1.29, 1.82) is 0 Å². The van der Waals surface area contributed by atoms with Crippen LogP contribution in [0.15, 0.2) is 24.3 Å². The van der Waals surface area contributed by atoms with Crippen molar-refractivity contribution in [3.63, 3.8) is 0 Å². The summed E-state index contributed by atoms with van der Waals surface area (Å²) >= 11 is 5.85. The first-order valence-corrected chi connectivity index (χ1v) is 5.97. The molecule has 0 aromatic heterocycles. The molecule has 1 aromatic carbocycles. The zero-order valence-corrected chi connectivity index (χ0v) is 10.5. The Hall–Kier alpha value is -0.530. The van der Waals surface area contributed by atoms with Crippen LogP contribution in [0.1, 0.15) is 37.8 Å². The molecule has 0 saturated carbocycles. The van der Waals surface area contributed by atoms with Crippen LogP contribution in [0.5, 0.6) is 0 Å². The molecular formula is C13H20ClN. The van der Waals surface area contributed by atoms with Gasteiger partial charge in [-0.15, -0.1) is 11.6 Å². The maximum absolute atomic E-state index is 5.85. The van der Waals surface area contributed by atoms with Crippen molar-refractivity contribution in [3.8, 4) is 0 Å². The molecule has 1 rings (SSSR count). The molecule has 0 bridgehead atoms. The quantitative estimate of drug-likeness (QED) is 0.757. The minimum atomic E-state index is 0.194. The molecule has 0 amide bonds. The van der Waals surface area contributed by atoms with Gasteiger partial charge in [-0.2, -0.15) is 0 Å². The van der Waals surface area contributed by atoms with Crippen molar-refractivity contribution in [1.82, 2.24) is 5.32 Å². The molecular weight excluding hydrogens is 206 g/mol. The molecule has 84 valence electrons. The summed E-state index contributed by atoms with van der Waals surface area (Å²) in [4.78, 5) is 0. The second-order valence-electron chi connectivity index (χ2n) is 4.31. The van der Waals surface area contributed by atoms with Crippen molar-refractivity contribution >= 4 is 11.6 Å². The smallest absolute Gasteiger partial charge is 0.0432 e. The van der Waals surface area contributed by atoms with Gasteiger partial charge < -0.3 is 5.32 Å². The van der Waals surface area contributed by atoms with Gasteiger partial charge in [-0.05, 0) is 24.0 Å². The van der Waals surface area contributed by atoms with E-state index in [1.54, 1.807) is 0 Å². The lowest BCUT2D eigenvalue weighted by Gasteiger charge is -2.08. The molecule has 1 atom stereocenters. The Morgan fingerprint density at radius 1 is 1.13 bits per heavy atom. The van der Waals surface area contributed by atoms with E-state index >= 15 is 0 Å². The van der Waals surface area contributed by atoms with Crippen molar-refractivity contribution in [2.45, 2.75) is 38.6 Å². The summed E-state index contributed by atoms with van der Waals surface area (Å²) in [5.41, 5.74) is 2.71. The van der Waals surface area contributed by atoms with Crippen LogP contribution in [0.3, 0.4) is 0 Å². The molecule has 0 saturated heterocycles. The Kier molecular flexibility index (Phi) is 5.13. The SMILES string of the molecule is CC(Cl)CNCc1ccc(C(C)C)cc1. The molecule has 0 radical (unpaired) electrons. The third-order valence-corrected chi connectivity index (χ3v) is 2.56. The van der Waals surface area contributed by atoms with Crippen LogP contribution in [-0.4, -0.2) is 11.9 Å². The van der Waals surface area contributed by atoms with E-state index in [4.69, 9.17) is 11.6 Å². The summed E-state index contributed by atoms with van der Waals surface area (Å²) in [6.07, 6.45) is 0. The number of halogens is 1. The second kappa shape index (κ2) is 6.14. The van der Waals surface area contributed by atoms with E-state index in [-0.39, 0.29) is 5.38 Å². The summed E-state index contributed by atoms with van der Waals surface area (Å²) < 4.78 is 0. The standard InChI is InChI=1S/C13H20ClN/c1-10(2)13-6-4-12(5-7-13)9-15-8-11(3)14/h4-7,10-11,15H,8-9H2,1-3H3. The summed E-state index contributed by atoms with van der Waals surface area (Å²) in [6, 6.07) is 8.76. The fourth-order valence-corrected chi connectivity index (χ4v) is 1.54. The first-order chi connectivity index (χ1) is 7.09. The molecule has 0 fully saturated rings. The van der Waals surface area contributed by atoms with Crippen molar-refractivity contribution < 1.29 is 0 Å². The van der Waals surface area contributed by atoms with Crippen LogP contribution in [0.2, 0.25) is 0 Å². The van der Waals surface area contributed by atoms with Gasteiger partial charge in [0.05, 0.1) is 0 Å². The third-order valence-electron chi connectivity index (χ3n) is 2.40. The van der Waals surface area contributed by atoms with Gasteiger partial charge in [-0.25, -0.2) is 0 Å². The summed E-state index contributed by atoms with van der Waals surface area (Å²) in [7, 11) is 0. The molecule has 0 aliphatic rings. The number of alkyl halides is 1. The van der Waals surface area contributed by atoms with Gasteiger partial charge in [0.2, 0.25) is 0 Å². The topological polar surface area (TPSA) is 12.0 Å². The zero-order chi connectivity index (χ0) is 11.3. The maximum atomic E-state index is 5.85. The van der Waals surface area contributed by atoms with Crippen molar-refractivity contribution in [3.05, 3.63) is 35.4 Å². The lowest BCUT2D eigenvalue weighted by atomic mass is 10.0. The Morgan fingerprint density at radius 2 is 1.73 bits per heavy atom. The number of hydrogen-bond donors (Lipinski definition) is 1. The number of benzene rings is 1. The Morgan fingerprint density at radius 3 is 2.20 bits per heavy atom. The third kappa shape index (κ3) is 4.67. The fraction of sp³-hybridized carbons (Fsp3) is 0.538. The zero-order valence-electron chi connectivity index (χ0n) is 9.76. The Bertz CT molecular complexity index is 277. The van der Waals surface area contributed by atoms with E-state index in [1.165, 1.54) is 11.1 Å². The van der Waals surface area contributed by atoms with Crippen LogP contribution >= 0.6 is 11.6 Å². The molecule has 0 aliphatic heterocycles. The predicted octanol–water partition coefficient (Wildman–Crippen LogP) is 3.53. The minimum absolute atomic E-state index is 0.194. The Labute approximate surface area is 97.8 Å². The highest BCUT2D eigenvalue weighted by atomic mass is 35.5. The van der Waals surface area contributed by atoms with Crippen LogP contribution < -0.4 is 5.32 Å². The van der Waals surface area contributed by atoms with E-state index in [2.05, 4.69) is 43.4 Å². The summed E-state index contributed by atoms with van der Waals surface area (Å²) in [6.45, 7) is 8.17. The predicted molar refractivity (Wildman–Crippen MR) is 67.6 cm³/mol. The first kappa shape index (κ1) is 12.5. The molecule has 15 heavy (non-hydrogen) atoms. The highest BCUT2D eigenvalue weighted by Crippen LogP contribution is 2.14. The summed E-state index contributed by atoms with van der Waals surface area (Å²) in [5.74, 6) is 0.606. The van der Waals surface area contributed by atoms with Gasteiger partial charge in [0.15, 0.2) is 0 Å². The molecule has 1 unspecified atom stereocenters. The largest absolute Gasteiger partial charge is 0.311 e. The van der Waals surface area contributed by atoms with Crippen LogP contribution in [0.25, 0.3) is 0 Å². The van der Waals surface area contributed by atoms with Gasteiger partial charge in [0.1, 0.15) is 0 Å². The average molecular weight is 226 g/mol. The monoisotopic (exact) mass is 225 g/mol. The van der Waals surface area contributed by atoms with Gasteiger partial charge in [0, 0.05) is 18.5 Å². The van der Waals surface area contributed by atoms with Crippen LogP contribution in [0.4, 0.5) is 0 Å². The van der Waals surface area contributed by atoms with Gasteiger partial charge in [0.25, 0.3) is 0 Å². The Balaban J connectivity index is 2.43. The minimum Gasteiger partial charge on any atom is -0.311 e. The fourth-order valence-electron chi connectivity index (χ4n) is 1.44. The van der Waals surface area contributed by atoms with Crippen LogP contribution in [-0.2, 0) is 6.54 Å². The second-order valence-corrected chi connectivity index (χ2v) is 5.05. The van der Waals surface area contributed by atoms with Crippen molar-refractivity contribution in [2.24, 2.45) is 0 Å².